The number of hydrogen-bond acceptors (Lipinski definition) is 6. The highest BCUT2D eigenvalue weighted by molar-refractivity contribution is 7.91. The molecule has 0 unspecified atom stereocenters. The number of benzene rings is 2. The van der Waals surface area contributed by atoms with Gasteiger partial charge in [-0.25, -0.2) is 8.42 Å². The smallest absolute Gasteiger partial charge is 0.225 e. The summed E-state index contributed by atoms with van der Waals surface area (Å²) in [5, 5.41) is 15.3. The second kappa shape index (κ2) is 8.29. The molecule has 148 valence electrons. The van der Waals surface area contributed by atoms with Crippen LogP contribution in [0.15, 0.2) is 57.9 Å². The Morgan fingerprint density at radius 2 is 1.86 bits per heavy atom. The van der Waals surface area contributed by atoms with E-state index in [2.05, 4.69) is 10.5 Å². The molecule has 3 aromatic rings. The van der Waals surface area contributed by atoms with Crippen molar-refractivity contribution < 1.29 is 17.7 Å². The molecule has 0 saturated heterocycles. The molecule has 1 amide bonds. The molecule has 1 N–H and O–H groups in total. The van der Waals surface area contributed by atoms with Crippen LogP contribution in [-0.2, 0) is 14.6 Å². The number of nitriles is 1. The van der Waals surface area contributed by atoms with Gasteiger partial charge in [0.25, 0.3) is 0 Å². The third-order valence-electron chi connectivity index (χ3n) is 4.33. The molecule has 0 bridgehead atoms. The molecule has 1 heterocycles. The van der Waals surface area contributed by atoms with Crippen molar-refractivity contribution in [3.63, 3.8) is 0 Å². The monoisotopic (exact) mass is 409 g/mol. The molecule has 0 fully saturated rings. The van der Waals surface area contributed by atoms with Crippen molar-refractivity contribution in [3.05, 3.63) is 65.4 Å². The lowest BCUT2D eigenvalue weighted by Crippen LogP contribution is -2.18. The Labute approximate surface area is 168 Å². The number of carbonyl (C=O) groups is 1. The van der Waals surface area contributed by atoms with E-state index >= 15 is 0 Å². The van der Waals surface area contributed by atoms with Crippen molar-refractivity contribution in [2.45, 2.75) is 25.2 Å². The molecule has 7 nitrogen and oxygen atoms in total. The largest absolute Gasteiger partial charge is 0.356 e. The number of amides is 1. The molecule has 0 atom stereocenters. The first-order valence-electron chi connectivity index (χ1n) is 8.85. The molecule has 0 aliphatic carbocycles. The van der Waals surface area contributed by atoms with Gasteiger partial charge in [0.05, 0.1) is 28.0 Å². The van der Waals surface area contributed by atoms with Crippen LogP contribution in [0.2, 0.25) is 0 Å². The minimum absolute atomic E-state index is 0.162. The first-order valence-corrected chi connectivity index (χ1v) is 10.5. The van der Waals surface area contributed by atoms with Gasteiger partial charge in [-0.2, -0.15) is 5.26 Å². The molecular formula is C21H19N3O4S. The zero-order valence-corrected chi connectivity index (χ0v) is 16.8. The molecule has 3 rings (SSSR count). The van der Waals surface area contributed by atoms with Crippen LogP contribution >= 0.6 is 0 Å². The lowest BCUT2D eigenvalue weighted by molar-refractivity contribution is -0.115. The summed E-state index contributed by atoms with van der Waals surface area (Å²) in [5.41, 5.74) is 2.88. The molecule has 29 heavy (non-hydrogen) atoms. The van der Waals surface area contributed by atoms with Crippen LogP contribution < -0.4 is 5.32 Å². The highest BCUT2D eigenvalue weighted by atomic mass is 32.2. The van der Waals surface area contributed by atoms with E-state index in [1.54, 1.807) is 62.4 Å². The Hall–Kier alpha value is -3.44. The molecule has 0 saturated carbocycles. The number of nitrogens with one attached hydrogen (secondary N) is 1. The van der Waals surface area contributed by atoms with Crippen molar-refractivity contribution in [1.29, 1.82) is 5.26 Å². The van der Waals surface area contributed by atoms with Gasteiger partial charge in [-0.1, -0.05) is 17.3 Å². The SMILES string of the molecule is Cc1cc(-c2ccc(C)c(S(=O)(=O)CCC(=O)Nc3ccc(C#N)cc3)c2)on1. The number of aryl methyl sites for hydroxylation is 2. The number of rotatable bonds is 6. The van der Waals surface area contributed by atoms with Crippen molar-refractivity contribution in [1.82, 2.24) is 5.16 Å². The normalized spacial score (nSPS) is 11.1. The fourth-order valence-electron chi connectivity index (χ4n) is 2.78. The lowest BCUT2D eigenvalue weighted by Gasteiger charge is -2.10. The number of carbonyl (C=O) groups excluding carboxylic acids is 1. The maximum Gasteiger partial charge on any atom is 0.225 e. The average molecular weight is 409 g/mol. The third kappa shape index (κ3) is 4.89. The topological polar surface area (TPSA) is 113 Å². The Kier molecular flexibility index (Phi) is 5.80. The molecule has 0 aliphatic rings. The molecule has 0 aliphatic heterocycles. The summed E-state index contributed by atoms with van der Waals surface area (Å²) in [7, 11) is -3.68. The van der Waals surface area contributed by atoms with Crippen LogP contribution in [-0.4, -0.2) is 25.2 Å². The minimum Gasteiger partial charge on any atom is -0.356 e. The molecule has 1 aromatic heterocycles. The van der Waals surface area contributed by atoms with Gasteiger partial charge in [-0.3, -0.25) is 4.79 Å². The summed E-state index contributed by atoms with van der Waals surface area (Å²) >= 11 is 0. The zero-order valence-electron chi connectivity index (χ0n) is 16.0. The van der Waals surface area contributed by atoms with Gasteiger partial charge in [-0.15, -0.1) is 0 Å². The number of nitrogens with zero attached hydrogens (tertiary/aromatic N) is 2. The number of anilines is 1. The summed E-state index contributed by atoms with van der Waals surface area (Å²) in [5.74, 6) is -0.259. The lowest BCUT2D eigenvalue weighted by atomic mass is 10.1. The standard InChI is InChI=1S/C21H19N3O4S/c1-14-3-6-17(19-11-15(2)24-28-19)12-20(14)29(26,27)10-9-21(25)23-18-7-4-16(13-22)5-8-18/h3-8,11-12H,9-10H2,1-2H3,(H,23,25). The van der Waals surface area contributed by atoms with Gasteiger partial charge in [0.1, 0.15) is 0 Å². The summed E-state index contributed by atoms with van der Waals surface area (Å²) < 4.78 is 30.8. The van der Waals surface area contributed by atoms with E-state index in [1.807, 2.05) is 6.07 Å². The Bertz CT molecular complexity index is 1190. The molecule has 2 aromatic carbocycles. The predicted molar refractivity (Wildman–Crippen MR) is 108 cm³/mol. The molecule has 0 spiro atoms. The molecular weight excluding hydrogens is 390 g/mol. The van der Waals surface area contributed by atoms with E-state index in [1.165, 1.54) is 0 Å². The second-order valence-corrected chi connectivity index (χ2v) is 8.70. The van der Waals surface area contributed by atoms with Gasteiger partial charge in [0.15, 0.2) is 15.6 Å². The summed E-state index contributed by atoms with van der Waals surface area (Å²) in [4.78, 5) is 12.3. The quantitative estimate of drug-likeness (QED) is 0.665. The van der Waals surface area contributed by atoms with Crippen LogP contribution in [0.3, 0.4) is 0 Å². The molecule has 0 radical (unpaired) electrons. The Morgan fingerprint density at radius 1 is 1.14 bits per heavy atom. The Morgan fingerprint density at radius 3 is 2.48 bits per heavy atom. The van der Waals surface area contributed by atoms with Crippen LogP contribution in [0.5, 0.6) is 0 Å². The van der Waals surface area contributed by atoms with Gasteiger partial charge in [-0.05, 0) is 49.7 Å². The predicted octanol–water partition coefficient (Wildman–Crippen LogP) is 3.63. The van der Waals surface area contributed by atoms with Crippen molar-refractivity contribution >= 4 is 21.4 Å². The van der Waals surface area contributed by atoms with Crippen LogP contribution in [0.25, 0.3) is 11.3 Å². The van der Waals surface area contributed by atoms with Crippen molar-refractivity contribution in [2.75, 3.05) is 11.1 Å². The van der Waals surface area contributed by atoms with Gasteiger partial charge < -0.3 is 9.84 Å². The van der Waals surface area contributed by atoms with E-state index in [9.17, 15) is 13.2 Å². The summed E-state index contributed by atoms with van der Waals surface area (Å²) in [6.45, 7) is 3.49. The zero-order chi connectivity index (χ0) is 21.0. The van der Waals surface area contributed by atoms with Gasteiger partial charge in [0.2, 0.25) is 5.91 Å². The first kappa shape index (κ1) is 20.3. The van der Waals surface area contributed by atoms with Crippen LogP contribution in [0.1, 0.15) is 23.2 Å². The summed E-state index contributed by atoms with van der Waals surface area (Å²) in [6, 6.07) is 15.1. The highest BCUT2D eigenvalue weighted by Crippen LogP contribution is 2.26. The fourth-order valence-corrected chi connectivity index (χ4v) is 4.32. The van der Waals surface area contributed by atoms with Gasteiger partial charge >= 0.3 is 0 Å². The van der Waals surface area contributed by atoms with Crippen molar-refractivity contribution in [2.24, 2.45) is 0 Å². The van der Waals surface area contributed by atoms with E-state index in [-0.39, 0.29) is 17.1 Å². The number of aromatic nitrogens is 1. The van der Waals surface area contributed by atoms with Crippen molar-refractivity contribution in [3.8, 4) is 17.4 Å². The maximum absolute atomic E-state index is 12.8. The highest BCUT2D eigenvalue weighted by Gasteiger charge is 2.20. The number of sulfone groups is 1. The second-order valence-electron chi connectivity index (χ2n) is 6.62. The number of hydrogen-bond donors (Lipinski definition) is 1. The van der Waals surface area contributed by atoms with Crippen LogP contribution in [0.4, 0.5) is 5.69 Å². The van der Waals surface area contributed by atoms with E-state index in [4.69, 9.17) is 9.78 Å². The van der Waals surface area contributed by atoms with Gasteiger partial charge in [0, 0.05) is 23.7 Å². The van der Waals surface area contributed by atoms with E-state index < -0.39 is 15.7 Å². The average Bonchev–Trinajstić information content (AvgIpc) is 3.13. The third-order valence-corrected chi connectivity index (χ3v) is 6.18. The maximum atomic E-state index is 12.8. The minimum atomic E-state index is -3.68. The van der Waals surface area contributed by atoms with E-state index in [0.717, 1.165) is 0 Å². The Balaban J connectivity index is 1.72. The molecule has 8 heteroatoms. The fraction of sp³-hybridized carbons (Fsp3) is 0.190. The van der Waals surface area contributed by atoms with Crippen LogP contribution in [0, 0.1) is 25.2 Å². The summed E-state index contributed by atoms with van der Waals surface area (Å²) in [6.07, 6.45) is -0.187. The van der Waals surface area contributed by atoms with E-state index in [0.29, 0.717) is 33.8 Å². The first-order chi connectivity index (χ1) is 13.8.